The van der Waals surface area contributed by atoms with Crippen LogP contribution < -0.4 is 10.6 Å². The number of aromatic nitrogens is 1. The van der Waals surface area contributed by atoms with Crippen LogP contribution >= 0.6 is 35.3 Å². The van der Waals surface area contributed by atoms with Gasteiger partial charge in [0.2, 0.25) is 0 Å². The monoisotopic (exact) mass is 448 g/mol. The molecule has 23 heavy (non-hydrogen) atoms. The summed E-state index contributed by atoms with van der Waals surface area (Å²) in [5, 5.41) is 7.62. The third kappa shape index (κ3) is 6.42. The highest BCUT2D eigenvalue weighted by Crippen LogP contribution is 2.16. The molecule has 1 aromatic carbocycles. The number of thiazole rings is 1. The molecule has 0 saturated heterocycles. The summed E-state index contributed by atoms with van der Waals surface area (Å²) in [4.78, 5) is 9.84. The number of nitrogens with one attached hydrogen (secondary N) is 2. The van der Waals surface area contributed by atoms with Crippen LogP contribution in [0.15, 0.2) is 29.3 Å². The number of halogens is 2. The summed E-state index contributed by atoms with van der Waals surface area (Å²) >= 11 is 1.70. The summed E-state index contributed by atoms with van der Waals surface area (Å²) in [5.41, 5.74) is 2.16. The van der Waals surface area contributed by atoms with E-state index < -0.39 is 0 Å². The SMILES string of the molecule is CN=C(NCCc1ccc(F)cc1)NCc1sc(C)nc1C.I. The quantitative estimate of drug-likeness (QED) is 0.419. The van der Waals surface area contributed by atoms with E-state index in [1.54, 1.807) is 30.5 Å². The van der Waals surface area contributed by atoms with Crippen molar-refractivity contribution in [3.8, 4) is 0 Å². The molecule has 0 spiro atoms. The normalized spacial score (nSPS) is 11.0. The molecule has 7 heteroatoms. The molecule has 1 aromatic heterocycles. The van der Waals surface area contributed by atoms with Crippen LogP contribution in [0.2, 0.25) is 0 Å². The Morgan fingerprint density at radius 2 is 1.91 bits per heavy atom. The van der Waals surface area contributed by atoms with Crippen LogP contribution in [0.25, 0.3) is 0 Å². The molecule has 0 aliphatic heterocycles. The molecule has 0 unspecified atom stereocenters. The first-order valence-corrected chi connectivity index (χ1v) is 8.02. The van der Waals surface area contributed by atoms with Gasteiger partial charge in [-0.2, -0.15) is 0 Å². The number of hydrogen-bond donors (Lipinski definition) is 2. The first-order chi connectivity index (χ1) is 10.6. The second-order valence-corrected chi connectivity index (χ2v) is 6.26. The second-order valence-electron chi connectivity index (χ2n) is 4.97. The second kappa shape index (κ2) is 9.82. The summed E-state index contributed by atoms with van der Waals surface area (Å²) in [7, 11) is 1.75. The smallest absolute Gasteiger partial charge is 0.191 e. The zero-order chi connectivity index (χ0) is 15.9. The minimum Gasteiger partial charge on any atom is -0.356 e. The lowest BCUT2D eigenvalue weighted by Crippen LogP contribution is -2.37. The summed E-state index contributed by atoms with van der Waals surface area (Å²) in [5.74, 6) is 0.553. The number of hydrogen-bond acceptors (Lipinski definition) is 3. The highest BCUT2D eigenvalue weighted by Gasteiger charge is 2.05. The first kappa shape index (κ1) is 19.8. The Hall–Kier alpha value is -1.22. The number of aryl methyl sites for hydroxylation is 2. The lowest BCUT2D eigenvalue weighted by atomic mass is 10.1. The standard InChI is InChI=1S/C16H21FN4S.HI/c1-11-15(22-12(2)21-11)10-20-16(18-3)19-9-8-13-4-6-14(17)7-5-13;/h4-7H,8-10H2,1-3H3,(H2,18,19,20);1H. The molecule has 0 atom stereocenters. The van der Waals surface area contributed by atoms with Gasteiger partial charge in [-0.05, 0) is 38.0 Å². The molecule has 126 valence electrons. The lowest BCUT2D eigenvalue weighted by Gasteiger charge is -2.11. The molecule has 0 fully saturated rings. The summed E-state index contributed by atoms with van der Waals surface area (Å²) in [6, 6.07) is 6.57. The van der Waals surface area contributed by atoms with Crippen LogP contribution in [0.1, 0.15) is 21.1 Å². The van der Waals surface area contributed by atoms with Gasteiger partial charge < -0.3 is 10.6 Å². The van der Waals surface area contributed by atoms with E-state index >= 15 is 0 Å². The van der Waals surface area contributed by atoms with Gasteiger partial charge in [0.05, 0.1) is 17.2 Å². The predicted molar refractivity (Wildman–Crippen MR) is 105 cm³/mol. The minimum atomic E-state index is -0.204. The fraction of sp³-hybridized carbons (Fsp3) is 0.375. The van der Waals surface area contributed by atoms with E-state index in [0.29, 0.717) is 6.54 Å². The summed E-state index contributed by atoms with van der Waals surface area (Å²) < 4.78 is 12.8. The predicted octanol–water partition coefficient (Wildman–Crippen LogP) is 3.42. The van der Waals surface area contributed by atoms with Crippen molar-refractivity contribution in [1.29, 1.82) is 0 Å². The van der Waals surface area contributed by atoms with Crippen molar-refractivity contribution >= 4 is 41.3 Å². The van der Waals surface area contributed by atoms with Gasteiger partial charge in [-0.15, -0.1) is 35.3 Å². The Kier molecular flexibility index (Phi) is 8.46. The van der Waals surface area contributed by atoms with E-state index in [2.05, 4.69) is 20.6 Å². The van der Waals surface area contributed by atoms with Crippen molar-refractivity contribution in [1.82, 2.24) is 15.6 Å². The number of guanidine groups is 1. The van der Waals surface area contributed by atoms with Crippen molar-refractivity contribution < 1.29 is 4.39 Å². The molecule has 4 nitrogen and oxygen atoms in total. The van der Waals surface area contributed by atoms with E-state index in [0.717, 1.165) is 35.2 Å². The van der Waals surface area contributed by atoms with Crippen LogP contribution in [0.3, 0.4) is 0 Å². The van der Waals surface area contributed by atoms with Gasteiger partial charge in [0.15, 0.2) is 5.96 Å². The molecule has 1 heterocycles. The number of aliphatic imine (C=N–C) groups is 1. The molecule has 0 amide bonds. The molecule has 0 radical (unpaired) electrons. The van der Waals surface area contributed by atoms with Crippen LogP contribution in [-0.2, 0) is 13.0 Å². The molecular weight excluding hydrogens is 426 g/mol. The van der Waals surface area contributed by atoms with E-state index in [1.165, 1.54) is 17.0 Å². The highest BCUT2D eigenvalue weighted by atomic mass is 127. The average molecular weight is 448 g/mol. The van der Waals surface area contributed by atoms with Gasteiger partial charge in [0, 0.05) is 18.5 Å². The van der Waals surface area contributed by atoms with E-state index in [-0.39, 0.29) is 29.8 Å². The van der Waals surface area contributed by atoms with Crippen LogP contribution in [0, 0.1) is 19.7 Å². The average Bonchev–Trinajstić information content (AvgIpc) is 2.82. The molecule has 2 aromatic rings. The Labute approximate surface area is 157 Å². The topological polar surface area (TPSA) is 49.3 Å². The fourth-order valence-electron chi connectivity index (χ4n) is 2.10. The van der Waals surface area contributed by atoms with Gasteiger partial charge in [-0.3, -0.25) is 4.99 Å². The largest absolute Gasteiger partial charge is 0.356 e. The number of nitrogens with zero attached hydrogens (tertiary/aromatic N) is 2. The van der Waals surface area contributed by atoms with Gasteiger partial charge >= 0.3 is 0 Å². The van der Waals surface area contributed by atoms with Gasteiger partial charge in [-0.25, -0.2) is 9.37 Å². The highest BCUT2D eigenvalue weighted by molar-refractivity contribution is 14.0. The number of rotatable bonds is 5. The van der Waals surface area contributed by atoms with Gasteiger partial charge in [0.1, 0.15) is 5.82 Å². The van der Waals surface area contributed by atoms with Crippen LogP contribution in [0.4, 0.5) is 4.39 Å². The van der Waals surface area contributed by atoms with Crippen molar-refractivity contribution in [3.63, 3.8) is 0 Å². The molecule has 2 N–H and O–H groups in total. The zero-order valence-corrected chi connectivity index (χ0v) is 16.7. The molecule has 0 saturated carbocycles. The third-order valence-corrected chi connectivity index (χ3v) is 4.33. The van der Waals surface area contributed by atoms with Crippen LogP contribution in [0.5, 0.6) is 0 Å². The van der Waals surface area contributed by atoms with Gasteiger partial charge in [0.25, 0.3) is 0 Å². The Balaban J connectivity index is 0.00000264. The number of benzene rings is 1. The Bertz CT molecular complexity index is 640. The molecule has 0 aliphatic carbocycles. The maximum absolute atomic E-state index is 12.8. The molecule has 0 bridgehead atoms. The molecule has 2 rings (SSSR count). The van der Waals surface area contributed by atoms with Crippen LogP contribution in [-0.4, -0.2) is 24.5 Å². The Morgan fingerprint density at radius 3 is 2.48 bits per heavy atom. The summed E-state index contributed by atoms with van der Waals surface area (Å²) in [6.07, 6.45) is 0.819. The maximum atomic E-state index is 12.8. The van der Waals surface area contributed by atoms with Crippen molar-refractivity contribution in [2.24, 2.45) is 4.99 Å². The van der Waals surface area contributed by atoms with E-state index in [1.807, 2.05) is 13.8 Å². The van der Waals surface area contributed by atoms with Crippen molar-refractivity contribution in [3.05, 3.63) is 51.2 Å². The molecule has 0 aliphatic rings. The van der Waals surface area contributed by atoms with E-state index in [9.17, 15) is 4.39 Å². The lowest BCUT2D eigenvalue weighted by molar-refractivity contribution is 0.626. The van der Waals surface area contributed by atoms with Crippen molar-refractivity contribution in [2.45, 2.75) is 26.8 Å². The van der Waals surface area contributed by atoms with Crippen molar-refractivity contribution in [2.75, 3.05) is 13.6 Å². The third-order valence-electron chi connectivity index (χ3n) is 3.26. The first-order valence-electron chi connectivity index (χ1n) is 7.20. The Morgan fingerprint density at radius 1 is 1.22 bits per heavy atom. The zero-order valence-electron chi connectivity index (χ0n) is 13.5. The fourth-order valence-corrected chi connectivity index (χ4v) is 2.98. The summed E-state index contributed by atoms with van der Waals surface area (Å²) in [6.45, 7) is 5.49. The maximum Gasteiger partial charge on any atom is 0.191 e. The minimum absolute atomic E-state index is 0. The van der Waals surface area contributed by atoms with E-state index in [4.69, 9.17) is 0 Å². The van der Waals surface area contributed by atoms with Gasteiger partial charge in [-0.1, -0.05) is 12.1 Å². The molecular formula is C16H22FIN4S.